The van der Waals surface area contributed by atoms with Crippen molar-refractivity contribution in [2.45, 2.75) is 24.3 Å². The Kier molecular flexibility index (Phi) is 7.24. The summed E-state index contributed by atoms with van der Waals surface area (Å²) < 4.78 is 26.5. The number of halogens is 2. The molecule has 144 valence electrons. The van der Waals surface area contributed by atoms with Crippen molar-refractivity contribution in [2.24, 2.45) is 5.92 Å². The summed E-state index contributed by atoms with van der Waals surface area (Å²) in [6.45, 7) is 3.08. The standard InChI is InChI=1S/C21H24F2N2OS/c22-18-7-5-16(6-8-18)15-24-21(26)17-9-11-25(12-10-17)13-14-27-20-4-2-1-3-19(20)23/h1-8,17H,9-15H2,(H,24,26). The highest BCUT2D eigenvalue weighted by molar-refractivity contribution is 7.99. The molecule has 1 heterocycles. The van der Waals surface area contributed by atoms with Gasteiger partial charge in [0.15, 0.2) is 0 Å². The van der Waals surface area contributed by atoms with Crippen LogP contribution in [0.5, 0.6) is 0 Å². The molecule has 2 aromatic rings. The molecule has 0 aromatic heterocycles. The normalized spacial score (nSPS) is 15.6. The van der Waals surface area contributed by atoms with E-state index in [1.165, 1.54) is 30.0 Å². The molecule has 1 amide bonds. The Hall–Kier alpha value is -1.92. The second-order valence-electron chi connectivity index (χ2n) is 6.74. The molecule has 0 saturated carbocycles. The zero-order valence-corrected chi connectivity index (χ0v) is 16.0. The van der Waals surface area contributed by atoms with Gasteiger partial charge in [0, 0.05) is 29.7 Å². The van der Waals surface area contributed by atoms with Crippen molar-refractivity contribution >= 4 is 17.7 Å². The van der Waals surface area contributed by atoms with Gasteiger partial charge in [-0.3, -0.25) is 4.79 Å². The number of benzene rings is 2. The number of piperidine rings is 1. The minimum Gasteiger partial charge on any atom is -0.352 e. The smallest absolute Gasteiger partial charge is 0.223 e. The summed E-state index contributed by atoms with van der Waals surface area (Å²) in [5.74, 6) is 0.493. The molecule has 0 atom stereocenters. The molecule has 1 N–H and O–H groups in total. The molecule has 3 rings (SSSR count). The molecule has 3 nitrogen and oxygen atoms in total. The Morgan fingerprint density at radius 1 is 1.07 bits per heavy atom. The lowest BCUT2D eigenvalue weighted by molar-refractivity contribution is -0.126. The quantitative estimate of drug-likeness (QED) is 0.723. The number of rotatable bonds is 7. The van der Waals surface area contributed by atoms with E-state index in [0.29, 0.717) is 11.4 Å². The van der Waals surface area contributed by atoms with Crippen molar-refractivity contribution in [1.29, 1.82) is 0 Å². The van der Waals surface area contributed by atoms with Gasteiger partial charge in [-0.15, -0.1) is 11.8 Å². The number of nitrogens with one attached hydrogen (secondary N) is 1. The minimum absolute atomic E-state index is 0.0286. The third-order valence-electron chi connectivity index (χ3n) is 4.84. The highest BCUT2D eigenvalue weighted by Crippen LogP contribution is 2.23. The third kappa shape index (κ3) is 6.04. The van der Waals surface area contributed by atoms with Crippen molar-refractivity contribution in [1.82, 2.24) is 10.2 Å². The topological polar surface area (TPSA) is 32.3 Å². The maximum Gasteiger partial charge on any atom is 0.223 e. The van der Waals surface area contributed by atoms with E-state index < -0.39 is 0 Å². The Labute approximate surface area is 163 Å². The molecule has 0 bridgehead atoms. The summed E-state index contributed by atoms with van der Waals surface area (Å²) in [4.78, 5) is 15.4. The van der Waals surface area contributed by atoms with Crippen LogP contribution in [0.3, 0.4) is 0 Å². The molecule has 0 aliphatic carbocycles. The number of nitrogens with zero attached hydrogens (tertiary/aromatic N) is 1. The van der Waals surface area contributed by atoms with Gasteiger partial charge in [0.25, 0.3) is 0 Å². The Bertz CT molecular complexity index is 746. The average Bonchev–Trinajstić information content (AvgIpc) is 2.69. The molecule has 0 spiro atoms. The monoisotopic (exact) mass is 390 g/mol. The van der Waals surface area contributed by atoms with Crippen molar-refractivity contribution in [3.05, 3.63) is 65.7 Å². The largest absolute Gasteiger partial charge is 0.352 e. The molecule has 1 fully saturated rings. The second-order valence-corrected chi connectivity index (χ2v) is 7.88. The number of likely N-dealkylation sites (tertiary alicyclic amines) is 1. The summed E-state index contributed by atoms with van der Waals surface area (Å²) >= 11 is 1.53. The van der Waals surface area contributed by atoms with Gasteiger partial charge in [0.2, 0.25) is 5.91 Å². The maximum absolute atomic E-state index is 13.6. The van der Waals surface area contributed by atoms with Crippen LogP contribution in [0.25, 0.3) is 0 Å². The fourth-order valence-corrected chi connectivity index (χ4v) is 4.15. The molecule has 2 aromatic carbocycles. The SMILES string of the molecule is O=C(NCc1ccc(F)cc1)C1CCN(CCSc2ccccc2F)CC1. The first-order valence-corrected chi connectivity index (χ1v) is 10.2. The first-order chi connectivity index (χ1) is 13.1. The van der Waals surface area contributed by atoms with Crippen LogP contribution in [0, 0.1) is 17.6 Å². The van der Waals surface area contributed by atoms with E-state index in [1.807, 2.05) is 6.07 Å². The molecular formula is C21H24F2N2OS. The third-order valence-corrected chi connectivity index (χ3v) is 5.87. The second kappa shape index (κ2) is 9.85. The Balaban J connectivity index is 1.35. The highest BCUT2D eigenvalue weighted by Gasteiger charge is 2.24. The number of thioether (sulfide) groups is 1. The Morgan fingerprint density at radius 2 is 1.78 bits per heavy atom. The fraction of sp³-hybridized carbons (Fsp3) is 0.381. The van der Waals surface area contributed by atoms with Gasteiger partial charge in [0.1, 0.15) is 11.6 Å². The van der Waals surface area contributed by atoms with Crippen LogP contribution in [0.4, 0.5) is 8.78 Å². The zero-order valence-electron chi connectivity index (χ0n) is 15.2. The van der Waals surface area contributed by atoms with Crippen molar-refractivity contribution in [2.75, 3.05) is 25.4 Å². The van der Waals surface area contributed by atoms with Gasteiger partial charge in [-0.25, -0.2) is 8.78 Å². The van der Waals surface area contributed by atoms with Crippen LogP contribution >= 0.6 is 11.8 Å². The molecule has 1 aliphatic rings. The van der Waals surface area contributed by atoms with Crippen LogP contribution in [-0.4, -0.2) is 36.2 Å². The predicted octanol–water partition coefficient (Wildman–Crippen LogP) is 4.09. The van der Waals surface area contributed by atoms with Gasteiger partial charge in [-0.1, -0.05) is 24.3 Å². The van der Waals surface area contributed by atoms with Gasteiger partial charge >= 0.3 is 0 Å². The van der Waals surface area contributed by atoms with Gasteiger partial charge < -0.3 is 10.2 Å². The van der Waals surface area contributed by atoms with Crippen LogP contribution < -0.4 is 5.32 Å². The number of hydrogen-bond acceptors (Lipinski definition) is 3. The van der Waals surface area contributed by atoms with E-state index >= 15 is 0 Å². The highest BCUT2D eigenvalue weighted by atomic mass is 32.2. The summed E-state index contributed by atoms with van der Waals surface area (Å²) in [5, 5.41) is 2.95. The predicted molar refractivity (Wildman–Crippen MR) is 105 cm³/mol. The molecule has 0 unspecified atom stereocenters. The van der Waals surface area contributed by atoms with Crippen LogP contribution in [0.2, 0.25) is 0 Å². The minimum atomic E-state index is -0.273. The fourth-order valence-electron chi connectivity index (χ4n) is 3.20. The zero-order chi connectivity index (χ0) is 19.1. The van der Waals surface area contributed by atoms with Crippen LogP contribution in [0.15, 0.2) is 53.4 Å². The van der Waals surface area contributed by atoms with E-state index in [2.05, 4.69) is 10.2 Å². The lowest BCUT2D eigenvalue weighted by Crippen LogP contribution is -2.41. The van der Waals surface area contributed by atoms with E-state index in [0.717, 1.165) is 43.8 Å². The number of carbonyl (C=O) groups is 1. The molecule has 6 heteroatoms. The van der Waals surface area contributed by atoms with E-state index in [1.54, 1.807) is 24.3 Å². The van der Waals surface area contributed by atoms with Crippen LogP contribution in [0.1, 0.15) is 18.4 Å². The molecule has 1 aliphatic heterocycles. The lowest BCUT2D eigenvalue weighted by Gasteiger charge is -2.31. The summed E-state index contributed by atoms with van der Waals surface area (Å²) in [7, 11) is 0. The van der Waals surface area contributed by atoms with Crippen molar-refractivity contribution in [3.8, 4) is 0 Å². The van der Waals surface area contributed by atoms with Crippen molar-refractivity contribution < 1.29 is 13.6 Å². The molecular weight excluding hydrogens is 366 g/mol. The van der Waals surface area contributed by atoms with Gasteiger partial charge in [-0.2, -0.15) is 0 Å². The summed E-state index contributed by atoms with van der Waals surface area (Å²) in [5.41, 5.74) is 0.896. The number of amides is 1. The summed E-state index contributed by atoms with van der Waals surface area (Å²) in [6.07, 6.45) is 1.67. The number of hydrogen-bond donors (Lipinski definition) is 1. The first kappa shape index (κ1) is 19.8. The van der Waals surface area contributed by atoms with E-state index in [4.69, 9.17) is 0 Å². The van der Waals surface area contributed by atoms with Crippen LogP contribution in [-0.2, 0) is 11.3 Å². The lowest BCUT2D eigenvalue weighted by atomic mass is 9.96. The molecule has 27 heavy (non-hydrogen) atoms. The average molecular weight is 390 g/mol. The van der Waals surface area contributed by atoms with E-state index in [9.17, 15) is 13.6 Å². The van der Waals surface area contributed by atoms with Crippen molar-refractivity contribution in [3.63, 3.8) is 0 Å². The first-order valence-electron chi connectivity index (χ1n) is 9.23. The number of carbonyl (C=O) groups excluding carboxylic acids is 1. The molecule has 0 radical (unpaired) electrons. The Morgan fingerprint density at radius 3 is 2.48 bits per heavy atom. The van der Waals surface area contributed by atoms with E-state index in [-0.39, 0.29) is 23.5 Å². The van der Waals surface area contributed by atoms with Gasteiger partial charge in [0.05, 0.1) is 0 Å². The maximum atomic E-state index is 13.6. The molecule has 1 saturated heterocycles. The summed E-state index contributed by atoms with van der Waals surface area (Å²) in [6, 6.07) is 13.0. The van der Waals surface area contributed by atoms with Gasteiger partial charge in [-0.05, 0) is 55.8 Å².